The minimum atomic E-state index is 0.641. The number of rotatable bonds is 5. The first kappa shape index (κ1) is 8.33. The van der Waals surface area contributed by atoms with Crippen molar-refractivity contribution in [2.24, 2.45) is 0 Å². The third kappa shape index (κ3) is 2.88. The molecule has 2 unspecified atom stereocenters. The maximum Gasteiger partial charge on any atom is 0.0488 e. The van der Waals surface area contributed by atoms with Crippen LogP contribution in [0.2, 0.25) is 0 Å². The fraction of sp³-hybridized carbons (Fsp3) is 1.00. The van der Waals surface area contributed by atoms with Crippen LogP contribution in [0.3, 0.4) is 0 Å². The molecule has 1 saturated heterocycles. The standard InChI is InChI=1S/C6H14N2OS/c1-6-5-8(6)9-10-4-3-7-2/h6-7H,3-5H2,1-2H3. The molecule has 2 atom stereocenters. The maximum absolute atomic E-state index is 5.28. The van der Waals surface area contributed by atoms with Gasteiger partial charge in [0.2, 0.25) is 0 Å². The van der Waals surface area contributed by atoms with E-state index in [4.69, 9.17) is 4.28 Å². The molecule has 3 nitrogen and oxygen atoms in total. The van der Waals surface area contributed by atoms with Gasteiger partial charge in [0.1, 0.15) is 0 Å². The summed E-state index contributed by atoms with van der Waals surface area (Å²) in [6, 6.07) is 0.641. The second-order valence-electron chi connectivity index (χ2n) is 2.45. The zero-order chi connectivity index (χ0) is 7.40. The molecule has 0 radical (unpaired) electrons. The Bertz CT molecular complexity index is 102. The molecule has 0 bridgehead atoms. The molecule has 1 rings (SSSR count). The molecule has 10 heavy (non-hydrogen) atoms. The molecule has 0 saturated carbocycles. The molecule has 1 fully saturated rings. The largest absolute Gasteiger partial charge is 0.319 e. The van der Waals surface area contributed by atoms with E-state index >= 15 is 0 Å². The molecule has 1 aliphatic rings. The Balaban J connectivity index is 1.78. The van der Waals surface area contributed by atoms with Crippen LogP contribution in [0.4, 0.5) is 0 Å². The molecular weight excluding hydrogens is 148 g/mol. The average molecular weight is 162 g/mol. The molecule has 0 aliphatic carbocycles. The van der Waals surface area contributed by atoms with E-state index < -0.39 is 0 Å². The lowest BCUT2D eigenvalue weighted by atomic mass is 10.6. The van der Waals surface area contributed by atoms with E-state index in [1.165, 1.54) is 12.0 Å². The predicted octanol–water partition coefficient (Wildman–Crippen LogP) is 0.490. The van der Waals surface area contributed by atoms with Crippen LogP contribution in [0.1, 0.15) is 6.92 Å². The molecule has 0 spiro atoms. The first-order valence-corrected chi connectivity index (χ1v) is 4.46. The van der Waals surface area contributed by atoms with E-state index in [0.717, 1.165) is 18.8 Å². The van der Waals surface area contributed by atoms with Crippen LogP contribution in [0.5, 0.6) is 0 Å². The van der Waals surface area contributed by atoms with Gasteiger partial charge in [-0.15, -0.1) is 0 Å². The summed E-state index contributed by atoms with van der Waals surface area (Å²) in [6.07, 6.45) is 0. The van der Waals surface area contributed by atoms with Crippen molar-refractivity contribution in [1.29, 1.82) is 0 Å². The van der Waals surface area contributed by atoms with Gasteiger partial charge in [-0.25, -0.2) is 4.28 Å². The quantitative estimate of drug-likeness (QED) is 0.361. The van der Waals surface area contributed by atoms with E-state index in [-0.39, 0.29) is 0 Å². The number of hydroxylamine groups is 2. The number of hydrogen-bond acceptors (Lipinski definition) is 4. The Morgan fingerprint density at radius 1 is 1.80 bits per heavy atom. The lowest BCUT2D eigenvalue weighted by Gasteiger charge is -2.00. The van der Waals surface area contributed by atoms with Gasteiger partial charge >= 0.3 is 0 Å². The van der Waals surface area contributed by atoms with Gasteiger partial charge in [0.15, 0.2) is 0 Å². The van der Waals surface area contributed by atoms with Crippen molar-refractivity contribution in [3.8, 4) is 0 Å². The average Bonchev–Trinajstić information content (AvgIpc) is 2.60. The van der Waals surface area contributed by atoms with Crippen LogP contribution in [-0.2, 0) is 4.28 Å². The first-order chi connectivity index (χ1) is 4.84. The fourth-order valence-electron chi connectivity index (χ4n) is 0.566. The maximum atomic E-state index is 5.28. The summed E-state index contributed by atoms with van der Waals surface area (Å²) in [5.41, 5.74) is 0. The van der Waals surface area contributed by atoms with Crippen LogP contribution in [0, 0.1) is 0 Å². The molecule has 0 aromatic carbocycles. The highest BCUT2D eigenvalue weighted by Gasteiger charge is 2.30. The molecule has 0 aromatic heterocycles. The Morgan fingerprint density at radius 2 is 2.50 bits per heavy atom. The van der Waals surface area contributed by atoms with Crippen LogP contribution < -0.4 is 5.32 Å². The van der Waals surface area contributed by atoms with Gasteiger partial charge in [-0.05, 0) is 14.0 Å². The second kappa shape index (κ2) is 4.18. The van der Waals surface area contributed by atoms with Crippen LogP contribution >= 0.6 is 12.0 Å². The van der Waals surface area contributed by atoms with Gasteiger partial charge in [-0.1, -0.05) is 0 Å². The molecule has 1 N–H and O–H groups in total. The third-order valence-corrected chi connectivity index (χ3v) is 2.05. The third-order valence-electron chi connectivity index (χ3n) is 1.39. The van der Waals surface area contributed by atoms with Crippen molar-refractivity contribution in [2.75, 3.05) is 25.9 Å². The molecule has 1 heterocycles. The first-order valence-electron chi connectivity index (χ1n) is 3.55. The fourth-order valence-corrected chi connectivity index (χ4v) is 1.27. The highest BCUT2D eigenvalue weighted by molar-refractivity contribution is 7.94. The van der Waals surface area contributed by atoms with Crippen molar-refractivity contribution >= 4 is 12.0 Å². The highest BCUT2D eigenvalue weighted by Crippen LogP contribution is 2.21. The van der Waals surface area contributed by atoms with Gasteiger partial charge in [-0.2, -0.15) is 5.06 Å². The van der Waals surface area contributed by atoms with Crippen molar-refractivity contribution in [3.63, 3.8) is 0 Å². The Morgan fingerprint density at radius 3 is 3.00 bits per heavy atom. The van der Waals surface area contributed by atoms with E-state index in [2.05, 4.69) is 12.2 Å². The number of nitrogens with one attached hydrogen (secondary N) is 1. The summed E-state index contributed by atoms with van der Waals surface area (Å²) in [4.78, 5) is 0. The smallest absolute Gasteiger partial charge is 0.0488 e. The van der Waals surface area contributed by atoms with E-state index in [1.807, 2.05) is 12.1 Å². The summed E-state index contributed by atoms with van der Waals surface area (Å²) < 4.78 is 5.28. The number of hydrogen-bond donors (Lipinski definition) is 1. The van der Waals surface area contributed by atoms with Gasteiger partial charge < -0.3 is 5.32 Å². The Hall–Kier alpha value is 0.230. The van der Waals surface area contributed by atoms with E-state index in [0.29, 0.717) is 6.04 Å². The summed E-state index contributed by atoms with van der Waals surface area (Å²) in [6.45, 7) is 4.25. The zero-order valence-corrected chi connectivity index (χ0v) is 7.28. The summed E-state index contributed by atoms with van der Waals surface area (Å²) in [5.74, 6) is 1.01. The van der Waals surface area contributed by atoms with E-state index in [9.17, 15) is 0 Å². The van der Waals surface area contributed by atoms with Gasteiger partial charge in [0.05, 0.1) is 0 Å². The highest BCUT2D eigenvalue weighted by atomic mass is 32.2. The topological polar surface area (TPSA) is 24.3 Å². The predicted molar refractivity (Wildman–Crippen MR) is 43.6 cm³/mol. The second-order valence-corrected chi connectivity index (χ2v) is 3.24. The zero-order valence-electron chi connectivity index (χ0n) is 6.46. The lowest BCUT2D eigenvalue weighted by molar-refractivity contribution is 0.0869. The van der Waals surface area contributed by atoms with Crippen molar-refractivity contribution < 1.29 is 4.28 Å². The van der Waals surface area contributed by atoms with Crippen molar-refractivity contribution in [3.05, 3.63) is 0 Å². The summed E-state index contributed by atoms with van der Waals surface area (Å²) in [5, 5.41) is 5.03. The monoisotopic (exact) mass is 162 g/mol. The minimum Gasteiger partial charge on any atom is -0.319 e. The summed E-state index contributed by atoms with van der Waals surface area (Å²) in [7, 11) is 1.95. The Kier molecular flexibility index (Phi) is 3.48. The molecule has 60 valence electrons. The molecular formula is C6H14N2OS. The van der Waals surface area contributed by atoms with E-state index in [1.54, 1.807) is 0 Å². The molecule has 0 amide bonds. The van der Waals surface area contributed by atoms with Crippen molar-refractivity contribution in [2.45, 2.75) is 13.0 Å². The molecule has 4 heteroatoms. The van der Waals surface area contributed by atoms with Gasteiger partial charge in [-0.3, -0.25) is 0 Å². The lowest BCUT2D eigenvalue weighted by Crippen LogP contribution is -2.10. The van der Waals surface area contributed by atoms with Gasteiger partial charge in [0.25, 0.3) is 0 Å². The van der Waals surface area contributed by atoms with Crippen LogP contribution in [-0.4, -0.2) is 37.0 Å². The van der Waals surface area contributed by atoms with Crippen LogP contribution in [0.15, 0.2) is 0 Å². The normalized spacial score (nSPS) is 30.6. The SMILES string of the molecule is CNCCSON1CC1C. The molecule has 0 aromatic rings. The van der Waals surface area contributed by atoms with Crippen molar-refractivity contribution in [1.82, 2.24) is 10.4 Å². The van der Waals surface area contributed by atoms with Gasteiger partial charge in [0, 0.05) is 36.9 Å². The minimum absolute atomic E-state index is 0.641. The van der Waals surface area contributed by atoms with Crippen LogP contribution in [0.25, 0.3) is 0 Å². The number of nitrogens with zero attached hydrogens (tertiary/aromatic N) is 1. The summed E-state index contributed by atoms with van der Waals surface area (Å²) >= 11 is 1.52. The molecule has 1 aliphatic heterocycles. The Labute approximate surface area is 66.3 Å².